The summed E-state index contributed by atoms with van der Waals surface area (Å²) in [4.78, 5) is 17.2. The summed E-state index contributed by atoms with van der Waals surface area (Å²) < 4.78 is 12.2. The van der Waals surface area contributed by atoms with E-state index in [1.54, 1.807) is 6.20 Å². The molecular formula is C21H22N2O3. The summed E-state index contributed by atoms with van der Waals surface area (Å²) in [5.74, 6) is 1.31. The Labute approximate surface area is 152 Å². The van der Waals surface area contributed by atoms with Crippen LogP contribution in [0.5, 0.6) is 11.5 Å². The quantitative estimate of drug-likeness (QED) is 0.876. The topological polar surface area (TPSA) is 60.5 Å². The molecular weight excluding hydrogens is 328 g/mol. The molecule has 134 valence electrons. The van der Waals surface area contributed by atoms with Crippen molar-refractivity contribution in [1.29, 1.82) is 0 Å². The Morgan fingerprint density at radius 3 is 2.69 bits per heavy atom. The summed E-state index contributed by atoms with van der Waals surface area (Å²) in [6, 6.07) is 9.28. The zero-order valence-corrected chi connectivity index (χ0v) is 14.7. The van der Waals surface area contributed by atoms with Crippen LogP contribution >= 0.6 is 0 Å². The summed E-state index contributed by atoms with van der Waals surface area (Å²) in [7, 11) is 0. The summed E-state index contributed by atoms with van der Waals surface area (Å²) in [5.41, 5.74) is 2.29. The molecule has 5 heteroatoms. The first-order chi connectivity index (χ1) is 12.7. The molecule has 5 rings (SSSR count). The van der Waals surface area contributed by atoms with Gasteiger partial charge in [0.25, 0.3) is 11.7 Å². The van der Waals surface area contributed by atoms with E-state index in [1.807, 2.05) is 30.3 Å². The van der Waals surface area contributed by atoms with Crippen LogP contribution in [0.4, 0.5) is 5.69 Å². The van der Waals surface area contributed by atoms with Gasteiger partial charge >= 0.3 is 0 Å². The number of aromatic nitrogens is 1. The van der Waals surface area contributed by atoms with Gasteiger partial charge in [0.1, 0.15) is 0 Å². The summed E-state index contributed by atoms with van der Waals surface area (Å²) in [6.07, 6.45) is 9.32. The summed E-state index contributed by atoms with van der Waals surface area (Å²) in [6.45, 7) is 0. The second-order valence-electron chi connectivity index (χ2n) is 7.50. The molecule has 1 amide bonds. The van der Waals surface area contributed by atoms with Crippen molar-refractivity contribution in [2.24, 2.45) is 0 Å². The first kappa shape index (κ1) is 15.7. The molecule has 5 nitrogen and oxygen atoms in total. The molecule has 2 fully saturated rings. The van der Waals surface area contributed by atoms with Gasteiger partial charge in [0.15, 0.2) is 11.5 Å². The summed E-state index contributed by atoms with van der Waals surface area (Å²) in [5, 5.41) is 2.99. The van der Waals surface area contributed by atoms with E-state index >= 15 is 0 Å². The fraction of sp³-hybridized carbons (Fsp3) is 0.429. The van der Waals surface area contributed by atoms with E-state index in [0.29, 0.717) is 11.5 Å². The van der Waals surface area contributed by atoms with Crippen molar-refractivity contribution in [3.05, 3.63) is 47.8 Å². The molecule has 2 saturated carbocycles. The van der Waals surface area contributed by atoms with Crippen LogP contribution in [0.1, 0.15) is 66.9 Å². The van der Waals surface area contributed by atoms with Crippen molar-refractivity contribution in [2.75, 3.05) is 5.32 Å². The third kappa shape index (κ3) is 2.81. The number of rotatable bonds is 3. The van der Waals surface area contributed by atoms with E-state index in [0.717, 1.165) is 61.4 Å². The maximum Gasteiger partial charge on any atom is 0.257 e. The van der Waals surface area contributed by atoms with Crippen LogP contribution in [0.2, 0.25) is 0 Å². The van der Waals surface area contributed by atoms with Gasteiger partial charge in [-0.2, -0.15) is 0 Å². The van der Waals surface area contributed by atoms with Crippen LogP contribution in [-0.2, 0) is 0 Å². The lowest BCUT2D eigenvalue weighted by molar-refractivity contribution is -0.105. The Hall–Kier alpha value is -2.56. The number of carbonyl (C=O) groups excluding carboxylic acids is 1. The number of amides is 1. The molecule has 0 radical (unpaired) electrons. The largest absolute Gasteiger partial charge is 0.448 e. The molecule has 2 aliphatic carbocycles. The molecule has 26 heavy (non-hydrogen) atoms. The number of nitrogens with one attached hydrogen (secondary N) is 1. The van der Waals surface area contributed by atoms with Crippen LogP contribution in [0.25, 0.3) is 0 Å². The van der Waals surface area contributed by atoms with E-state index in [2.05, 4.69) is 10.3 Å². The maximum atomic E-state index is 12.7. The van der Waals surface area contributed by atoms with Gasteiger partial charge in [-0.05, 0) is 49.9 Å². The molecule has 1 aliphatic heterocycles. The average Bonchev–Trinajstić information content (AvgIpc) is 3.45. The molecule has 0 atom stereocenters. The van der Waals surface area contributed by atoms with Gasteiger partial charge < -0.3 is 14.8 Å². The van der Waals surface area contributed by atoms with E-state index in [-0.39, 0.29) is 5.91 Å². The fourth-order valence-corrected chi connectivity index (χ4v) is 3.96. The predicted molar refractivity (Wildman–Crippen MR) is 97.7 cm³/mol. The second-order valence-corrected chi connectivity index (χ2v) is 7.50. The number of hydrogen-bond donors (Lipinski definition) is 1. The molecule has 2 heterocycles. The molecule has 1 N–H and O–H groups in total. The van der Waals surface area contributed by atoms with E-state index in [9.17, 15) is 4.79 Å². The van der Waals surface area contributed by atoms with Gasteiger partial charge in [0.2, 0.25) is 0 Å². The van der Waals surface area contributed by atoms with Gasteiger partial charge in [-0.15, -0.1) is 0 Å². The standard InChI is InChI=1S/C21H22N2O3/c24-20(16-5-4-12-22-19(16)14-6-7-14)23-15-8-9-17-18(13-15)26-21(25-17)10-2-1-3-11-21/h4-5,8-9,12-14H,1-3,6-7,10-11H2,(H,23,24). The van der Waals surface area contributed by atoms with Crippen molar-refractivity contribution in [1.82, 2.24) is 4.98 Å². The smallest absolute Gasteiger partial charge is 0.257 e. The fourth-order valence-electron chi connectivity index (χ4n) is 3.96. The molecule has 0 unspecified atom stereocenters. The third-order valence-electron chi connectivity index (χ3n) is 5.46. The minimum Gasteiger partial charge on any atom is -0.448 e. The molecule has 1 spiro atoms. The van der Waals surface area contributed by atoms with E-state index < -0.39 is 5.79 Å². The number of nitrogens with zero attached hydrogens (tertiary/aromatic N) is 1. The highest BCUT2D eigenvalue weighted by atomic mass is 16.7. The Kier molecular flexibility index (Phi) is 3.62. The number of fused-ring (bicyclic) bond motifs is 1. The van der Waals surface area contributed by atoms with Crippen molar-refractivity contribution in [3.8, 4) is 11.5 Å². The molecule has 1 aromatic heterocycles. The van der Waals surface area contributed by atoms with Gasteiger partial charge in [0.05, 0.1) is 11.3 Å². The monoisotopic (exact) mass is 350 g/mol. The molecule has 3 aliphatic rings. The number of pyridine rings is 1. The number of benzene rings is 1. The number of carbonyl (C=O) groups is 1. The van der Waals surface area contributed by atoms with Crippen LogP contribution in [0.3, 0.4) is 0 Å². The first-order valence-electron chi connectivity index (χ1n) is 9.51. The zero-order chi connectivity index (χ0) is 17.6. The second kappa shape index (κ2) is 6.01. The lowest BCUT2D eigenvalue weighted by Crippen LogP contribution is -2.40. The number of ether oxygens (including phenoxy) is 2. The number of anilines is 1. The summed E-state index contributed by atoms with van der Waals surface area (Å²) >= 11 is 0. The van der Waals surface area contributed by atoms with Gasteiger partial charge in [-0.1, -0.05) is 6.42 Å². The Bertz CT molecular complexity index is 854. The SMILES string of the molecule is O=C(Nc1ccc2c(c1)OC1(CCCCC1)O2)c1cccnc1C1CC1. The van der Waals surface area contributed by atoms with E-state index in [4.69, 9.17) is 9.47 Å². The van der Waals surface area contributed by atoms with E-state index in [1.165, 1.54) is 6.42 Å². The van der Waals surface area contributed by atoms with Crippen LogP contribution in [-0.4, -0.2) is 16.7 Å². The average molecular weight is 350 g/mol. The minimum absolute atomic E-state index is 0.119. The highest BCUT2D eigenvalue weighted by Crippen LogP contribution is 2.46. The first-order valence-corrected chi connectivity index (χ1v) is 9.51. The highest BCUT2D eigenvalue weighted by molar-refractivity contribution is 6.05. The molecule has 0 saturated heterocycles. The zero-order valence-electron chi connectivity index (χ0n) is 14.7. The number of hydrogen-bond acceptors (Lipinski definition) is 4. The Morgan fingerprint density at radius 2 is 1.88 bits per heavy atom. The van der Waals surface area contributed by atoms with Crippen molar-refractivity contribution in [2.45, 2.75) is 56.7 Å². The predicted octanol–water partition coefficient (Wildman–Crippen LogP) is 4.64. The Balaban J connectivity index is 1.35. The van der Waals surface area contributed by atoms with Gasteiger partial charge in [-0.3, -0.25) is 9.78 Å². The van der Waals surface area contributed by atoms with Gasteiger partial charge in [0, 0.05) is 36.7 Å². The van der Waals surface area contributed by atoms with Crippen LogP contribution in [0, 0.1) is 0 Å². The third-order valence-corrected chi connectivity index (χ3v) is 5.46. The molecule has 0 bridgehead atoms. The molecule has 1 aromatic carbocycles. The minimum atomic E-state index is -0.494. The van der Waals surface area contributed by atoms with Gasteiger partial charge in [-0.25, -0.2) is 0 Å². The highest BCUT2D eigenvalue weighted by Gasteiger charge is 2.42. The van der Waals surface area contributed by atoms with Crippen LogP contribution in [0.15, 0.2) is 36.5 Å². The lowest BCUT2D eigenvalue weighted by Gasteiger charge is -2.31. The van der Waals surface area contributed by atoms with Crippen molar-refractivity contribution >= 4 is 11.6 Å². The normalized spacial score (nSPS) is 20.2. The maximum absolute atomic E-state index is 12.7. The van der Waals surface area contributed by atoms with Crippen LogP contribution < -0.4 is 14.8 Å². The van der Waals surface area contributed by atoms with Crippen molar-refractivity contribution < 1.29 is 14.3 Å². The molecule has 2 aromatic rings. The Morgan fingerprint density at radius 1 is 1.08 bits per heavy atom. The lowest BCUT2D eigenvalue weighted by atomic mass is 9.94. The van der Waals surface area contributed by atoms with Crippen molar-refractivity contribution in [3.63, 3.8) is 0 Å².